The topological polar surface area (TPSA) is 66.5 Å². The summed E-state index contributed by atoms with van der Waals surface area (Å²) in [6.07, 6.45) is 0. The van der Waals surface area contributed by atoms with Gasteiger partial charge in [0.15, 0.2) is 0 Å². The summed E-state index contributed by atoms with van der Waals surface area (Å²) >= 11 is 0. The molecule has 0 atom stereocenters. The van der Waals surface area contributed by atoms with E-state index in [4.69, 9.17) is 0 Å². The first-order chi connectivity index (χ1) is 12.8. The molecule has 0 aliphatic carbocycles. The molecule has 0 fully saturated rings. The summed E-state index contributed by atoms with van der Waals surface area (Å²) in [5, 5.41) is 1.26. The molecule has 3 aromatic rings. The number of nitrogens with one attached hydrogen (secondary N) is 1. The first kappa shape index (κ1) is 17.5. The smallest absolute Gasteiger partial charge is 0.262 e. The second kappa shape index (κ2) is 6.09. The zero-order chi connectivity index (χ0) is 19.3. The summed E-state index contributed by atoms with van der Waals surface area (Å²) in [6, 6.07) is 14.1. The van der Waals surface area contributed by atoms with Crippen LogP contribution in [0.2, 0.25) is 0 Å². The van der Waals surface area contributed by atoms with Crippen molar-refractivity contribution in [1.82, 2.24) is 0 Å². The molecule has 3 aromatic carbocycles. The van der Waals surface area contributed by atoms with E-state index in [1.54, 1.807) is 41.3 Å². The van der Waals surface area contributed by atoms with Crippen LogP contribution >= 0.6 is 0 Å². The summed E-state index contributed by atoms with van der Waals surface area (Å²) in [7, 11) is -3.81. The minimum absolute atomic E-state index is 0.0878. The molecule has 0 radical (unpaired) electrons. The Hall–Kier alpha value is -2.86. The summed E-state index contributed by atoms with van der Waals surface area (Å²) < 4.78 is 29.0. The van der Waals surface area contributed by atoms with Crippen LogP contribution in [0.5, 0.6) is 0 Å². The predicted octanol–water partition coefficient (Wildman–Crippen LogP) is 4.24. The molecule has 0 bridgehead atoms. The number of nitrogens with zero attached hydrogens (tertiary/aromatic N) is 1. The molecular formula is C21H20N2O3S. The van der Waals surface area contributed by atoms with Gasteiger partial charge in [0.25, 0.3) is 15.9 Å². The highest BCUT2D eigenvalue weighted by Crippen LogP contribution is 2.40. The lowest BCUT2D eigenvalue weighted by Gasteiger charge is -2.16. The lowest BCUT2D eigenvalue weighted by Crippen LogP contribution is -2.25. The van der Waals surface area contributed by atoms with E-state index in [2.05, 4.69) is 4.72 Å². The number of anilines is 2. The second-order valence-electron chi connectivity index (χ2n) is 6.71. The van der Waals surface area contributed by atoms with Crippen LogP contribution in [0.15, 0.2) is 53.4 Å². The van der Waals surface area contributed by atoms with Crippen molar-refractivity contribution >= 4 is 38.1 Å². The van der Waals surface area contributed by atoms with E-state index in [1.165, 1.54) is 0 Å². The zero-order valence-electron chi connectivity index (χ0n) is 15.4. The third kappa shape index (κ3) is 2.59. The second-order valence-corrected chi connectivity index (χ2v) is 8.36. The molecule has 27 heavy (non-hydrogen) atoms. The molecule has 4 rings (SSSR count). The van der Waals surface area contributed by atoms with Crippen LogP contribution < -0.4 is 9.62 Å². The maximum Gasteiger partial charge on any atom is 0.262 e. The molecule has 1 aliphatic heterocycles. The Morgan fingerprint density at radius 2 is 1.74 bits per heavy atom. The minimum Gasteiger partial charge on any atom is -0.308 e. The maximum atomic E-state index is 13.1. The molecule has 0 unspecified atom stereocenters. The number of benzene rings is 3. The van der Waals surface area contributed by atoms with E-state index in [0.717, 1.165) is 16.8 Å². The van der Waals surface area contributed by atoms with Crippen molar-refractivity contribution in [2.24, 2.45) is 0 Å². The van der Waals surface area contributed by atoms with Crippen molar-refractivity contribution in [2.75, 3.05) is 16.2 Å². The molecule has 0 spiro atoms. The van der Waals surface area contributed by atoms with Crippen molar-refractivity contribution < 1.29 is 13.2 Å². The predicted molar refractivity (Wildman–Crippen MR) is 108 cm³/mol. The SMILES string of the molecule is CCN1C(=O)c2cccc3c(S(=O)(=O)Nc4cccc(C)c4C)ccc1c23. The fourth-order valence-electron chi connectivity index (χ4n) is 3.63. The summed E-state index contributed by atoms with van der Waals surface area (Å²) in [5.41, 5.74) is 3.77. The third-order valence-electron chi connectivity index (χ3n) is 5.20. The highest BCUT2D eigenvalue weighted by molar-refractivity contribution is 7.93. The van der Waals surface area contributed by atoms with Gasteiger partial charge in [-0.3, -0.25) is 9.52 Å². The fourth-order valence-corrected chi connectivity index (χ4v) is 4.96. The van der Waals surface area contributed by atoms with Crippen molar-refractivity contribution in [2.45, 2.75) is 25.7 Å². The van der Waals surface area contributed by atoms with Crippen LogP contribution in [-0.2, 0) is 10.0 Å². The third-order valence-corrected chi connectivity index (χ3v) is 6.62. The van der Waals surface area contributed by atoms with Crippen LogP contribution in [0, 0.1) is 13.8 Å². The van der Waals surface area contributed by atoms with Gasteiger partial charge < -0.3 is 4.90 Å². The molecular weight excluding hydrogens is 360 g/mol. The molecule has 1 heterocycles. The van der Waals surface area contributed by atoms with Gasteiger partial charge in [-0.25, -0.2) is 8.42 Å². The van der Waals surface area contributed by atoms with E-state index < -0.39 is 10.0 Å². The highest BCUT2D eigenvalue weighted by atomic mass is 32.2. The average Bonchev–Trinajstić information content (AvgIpc) is 2.92. The standard InChI is InChI=1S/C21H20N2O3S/c1-4-23-18-11-12-19(15-8-6-9-16(20(15)18)21(23)24)27(25,26)22-17-10-5-7-13(2)14(17)3/h5-12,22H,4H2,1-3H3. The number of aryl methyl sites for hydroxylation is 1. The quantitative estimate of drug-likeness (QED) is 0.736. The van der Waals surface area contributed by atoms with Crippen LogP contribution in [0.1, 0.15) is 28.4 Å². The van der Waals surface area contributed by atoms with Gasteiger partial charge in [0, 0.05) is 22.9 Å². The molecule has 1 aliphatic rings. The fraction of sp³-hybridized carbons (Fsp3) is 0.190. The van der Waals surface area contributed by atoms with Gasteiger partial charge >= 0.3 is 0 Å². The van der Waals surface area contributed by atoms with Gasteiger partial charge in [0.05, 0.1) is 16.3 Å². The normalized spacial score (nSPS) is 13.4. The van der Waals surface area contributed by atoms with Crippen molar-refractivity contribution in [3.8, 4) is 0 Å². The van der Waals surface area contributed by atoms with Gasteiger partial charge in [-0.2, -0.15) is 0 Å². The number of carbonyl (C=O) groups is 1. The molecule has 1 amide bonds. The van der Waals surface area contributed by atoms with E-state index in [-0.39, 0.29) is 10.8 Å². The number of rotatable bonds is 4. The lowest BCUT2D eigenvalue weighted by molar-refractivity contribution is 0.0994. The summed E-state index contributed by atoms with van der Waals surface area (Å²) in [5.74, 6) is -0.0878. The number of amides is 1. The van der Waals surface area contributed by atoms with E-state index in [0.29, 0.717) is 28.6 Å². The van der Waals surface area contributed by atoms with Crippen LogP contribution in [-0.4, -0.2) is 20.9 Å². The Kier molecular flexibility index (Phi) is 3.96. The Balaban J connectivity index is 1.89. The van der Waals surface area contributed by atoms with E-state index in [9.17, 15) is 13.2 Å². The average molecular weight is 380 g/mol. The van der Waals surface area contributed by atoms with E-state index >= 15 is 0 Å². The summed E-state index contributed by atoms with van der Waals surface area (Å²) in [4.78, 5) is 14.5. The van der Waals surface area contributed by atoms with Gasteiger partial charge in [-0.05, 0) is 56.2 Å². The molecule has 0 aromatic heterocycles. The summed E-state index contributed by atoms with van der Waals surface area (Å²) in [6.45, 7) is 6.27. The van der Waals surface area contributed by atoms with Gasteiger partial charge in [-0.1, -0.05) is 24.3 Å². The van der Waals surface area contributed by atoms with Crippen molar-refractivity contribution in [3.05, 3.63) is 65.2 Å². The first-order valence-corrected chi connectivity index (χ1v) is 10.3. The number of hydrogen-bond acceptors (Lipinski definition) is 3. The molecule has 0 saturated carbocycles. The number of carbonyl (C=O) groups excluding carboxylic acids is 1. The van der Waals surface area contributed by atoms with E-state index in [1.807, 2.05) is 32.9 Å². The van der Waals surface area contributed by atoms with Crippen molar-refractivity contribution in [3.63, 3.8) is 0 Å². The van der Waals surface area contributed by atoms with Gasteiger partial charge in [-0.15, -0.1) is 0 Å². The first-order valence-electron chi connectivity index (χ1n) is 8.81. The highest BCUT2D eigenvalue weighted by Gasteiger charge is 2.31. The minimum atomic E-state index is -3.81. The van der Waals surface area contributed by atoms with Crippen LogP contribution in [0.3, 0.4) is 0 Å². The number of sulfonamides is 1. The lowest BCUT2D eigenvalue weighted by atomic mass is 10.1. The van der Waals surface area contributed by atoms with Crippen LogP contribution in [0.4, 0.5) is 11.4 Å². The Morgan fingerprint density at radius 1 is 1.00 bits per heavy atom. The maximum absolute atomic E-state index is 13.1. The van der Waals surface area contributed by atoms with Gasteiger partial charge in [0.2, 0.25) is 0 Å². The zero-order valence-corrected chi connectivity index (χ0v) is 16.2. The largest absolute Gasteiger partial charge is 0.308 e. The number of hydrogen-bond donors (Lipinski definition) is 1. The molecule has 1 N–H and O–H groups in total. The molecule has 138 valence electrons. The van der Waals surface area contributed by atoms with Crippen molar-refractivity contribution in [1.29, 1.82) is 0 Å². The van der Waals surface area contributed by atoms with Gasteiger partial charge in [0.1, 0.15) is 0 Å². The molecule has 6 heteroatoms. The van der Waals surface area contributed by atoms with Crippen LogP contribution in [0.25, 0.3) is 10.8 Å². The Morgan fingerprint density at radius 3 is 2.48 bits per heavy atom. The molecule has 5 nitrogen and oxygen atoms in total. The monoisotopic (exact) mass is 380 g/mol. The molecule has 0 saturated heterocycles. The Labute approximate surface area is 158 Å². The Bertz CT molecular complexity index is 1200.